The predicted octanol–water partition coefficient (Wildman–Crippen LogP) is 0.672. The van der Waals surface area contributed by atoms with Gasteiger partial charge in [-0.25, -0.2) is 9.78 Å². The standard InChI is InChI=1S/C11H17N3O2/c1-14(2,3)6-7-16-11(15)5-4-10-8-12-9-13-10/h4-5,8-9H,6-7H2,1-3H3/p+1. The van der Waals surface area contributed by atoms with E-state index in [4.69, 9.17) is 4.74 Å². The molecule has 0 fully saturated rings. The molecular formula is C11H18N3O2+. The average molecular weight is 224 g/mol. The summed E-state index contributed by atoms with van der Waals surface area (Å²) in [4.78, 5) is 18.0. The van der Waals surface area contributed by atoms with Crippen LogP contribution in [0.2, 0.25) is 0 Å². The van der Waals surface area contributed by atoms with Crippen molar-refractivity contribution < 1.29 is 14.0 Å². The molecule has 5 nitrogen and oxygen atoms in total. The summed E-state index contributed by atoms with van der Waals surface area (Å²) in [6.07, 6.45) is 6.26. The maximum Gasteiger partial charge on any atom is 0.331 e. The Labute approximate surface area is 95.3 Å². The molecule has 0 aromatic carbocycles. The smallest absolute Gasteiger partial charge is 0.331 e. The van der Waals surface area contributed by atoms with Gasteiger partial charge < -0.3 is 14.2 Å². The number of H-pyrrole nitrogens is 1. The number of imidazole rings is 1. The fourth-order valence-corrected chi connectivity index (χ4v) is 0.984. The Hall–Kier alpha value is -1.62. The second-order valence-electron chi connectivity index (χ2n) is 4.51. The maximum atomic E-state index is 11.3. The van der Waals surface area contributed by atoms with Gasteiger partial charge in [-0.05, 0) is 6.08 Å². The summed E-state index contributed by atoms with van der Waals surface area (Å²) in [6.45, 7) is 1.22. The van der Waals surface area contributed by atoms with Gasteiger partial charge in [0.2, 0.25) is 0 Å². The molecule has 0 saturated carbocycles. The maximum absolute atomic E-state index is 11.3. The zero-order chi connectivity index (χ0) is 12.0. The van der Waals surface area contributed by atoms with E-state index in [1.807, 2.05) is 21.1 Å². The highest BCUT2D eigenvalue weighted by Crippen LogP contribution is 1.96. The summed E-state index contributed by atoms with van der Waals surface area (Å²) in [5.41, 5.74) is 0.712. The minimum Gasteiger partial charge on any atom is -0.457 e. The fraction of sp³-hybridized carbons (Fsp3) is 0.455. The molecule has 0 spiro atoms. The normalized spacial score (nSPS) is 11.9. The molecule has 0 aliphatic carbocycles. The SMILES string of the molecule is C[N+](C)(C)CCOC(=O)/C=C/c1c[nH]cn1. The molecule has 1 aromatic rings. The van der Waals surface area contributed by atoms with Crippen LogP contribution < -0.4 is 0 Å². The zero-order valence-corrected chi connectivity index (χ0v) is 9.93. The number of nitrogens with zero attached hydrogens (tertiary/aromatic N) is 2. The Kier molecular flexibility index (Phi) is 4.25. The summed E-state index contributed by atoms with van der Waals surface area (Å²) in [6, 6.07) is 0. The summed E-state index contributed by atoms with van der Waals surface area (Å²) >= 11 is 0. The molecule has 5 heteroatoms. The van der Waals surface area contributed by atoms with E-state index in [2.05, 4.69) is 9.97 Å². The molecule has 0 saturated heterocycles. The van der Waals surface area contributed by atoms with E-state index in [0.717, 1.165) is 11.0 Å². The quantitative estimate of drug-likeness (QED) is 0.454. The summed E-state index contributed by atoms with van der Waals surface area (Å²) in [5.74, 6) is -0.337. The van der Waals surface area contributed by atoms with E-state index in [0.29, 0.717) is 12.3 Å². The lowest BCUT2D eigenvalue weighted by Crippen LogP contribution is -2.37. The van der Waals surface area contributed by atoms with Gasteiger partial charge >= 0.3 is 5.97 Å². The largest absolute Gasteiger partial charge is 0.457 e. The molecule has 0 radical (unpaired) electrons. The second kappa shape index (κ2) is 5.46. The van der Waals surface area contributed by atoms with E-state index in [-0.39, 0.29) is 5.97 Å². The summed E-state index contributed by atoms with van der Waals surface area (Å²) in [5, 5.41) is 0. The van der Waals surface area contributed by atoms with Crippen molar-refractivity contribution in [3.05, 3.63) is 24.3 Å². The molecule has 0 amide bonds. The van der Waals surface area contributed by atoms with Crippen molar-refractivity contribution in [2.75, 3.05) is 34.3 Å². The third kappa shape index (κ3) is 5.31. The Morgan fingerprint density at radius 2 is 2.31 bits per heavy atom. The number of aromatic nitrogens is 2. The third-order valence-electron chi connectivity index (χ3n) is 1.92. The van der Waals surface area contributed by atoms with Gasteiger partial charge in [0.25, 0.3) is 0 Å². The number of esters is 1. The van der Waals surface area contributed by atoms with Crippen LogP contribution in [-0.2, 0) is 9.53 Å². The van der Waals surface area contributed by atoms with Crippen LogP contribution in [0, 0.1) is 0 Å². The molecule has 0 aliphatic rings. The Bertz CT molecular complexity index is 350. The van der Waals surface area contributed by atoms with Crippen molar-refractivity contribution in [1.29, 1.82) is 0 Å². The van der Waals surface area contributed by atoms with Crippen LogP contribution in [0.1, 0.15) is 5.69 Å². The van der Waals surface area contributed by atoms with Crippen LogP contribution in [0.4, 0.5) is 0 Å². The average Bonchev–Trinajstić information content (AvgIpc) is 2.65. The van der Waals surface area contributed by atoms with Gasteiger partial charge in [-0.15, -0.1) is 0 Å². The van der Waals surface area contributed by atoms with Crippen LogP contribution in [0.15, 0.2) is 18.6 Å². The Morgan fingerprint density at radius 1 is 1.56 bits per heavy atom. The minimum absolute atomic E-state index is 0.337. The van der Waals surface area contributed by atoms with Crippen LogP contribution in [0.5, 0.6) is 0 Å². The molecule has 1 heterocycles. The number of quaternary nitrogens is 1. The lowest BCUT2D eigenvalue weighted by molar-refractivity contribution is -0.870. The molecule has 0 unspecified atom stereocenters. The van der Waals surface area contributed by atoms with Gasteiger partial charge in [0.1, 0.15) is 13.2 Å². The van der Waals surface area contributed by atoms with Gasteiger partial charge in [-0.1, -0.05) is 0 Å². The van der Waals surface area contributed by atoms with Gasteiger partial charge in [-0.3, -0.25) is 0 Å². The van der Waals surface area contributed by atoms with Gasteiger partial charge in [0.15, 0.2) is 0 Å². The number of aromatic amines is 1. The highest BCUT2D eigenvalue weighted by atomic mass is 16.5. The lowest BCUT2D eigenvalue weighted by Gasteiger charge is -2.23. The number of hydrogen-bond acceptors (Lipinski definition) is 3. The highest BCUT2D eigenvalue weighted by Gasteiger charge is 2.07. The number of likely N-dealkylation sites (N-methyl/N-ethyl adjacent to an activating group) is 1. The van der Waals surface area contributed by atoms with Gasteiger partial charge in [0, 0.05) is 12.3 Å². The molecule has 0 atom stereocenters. The Balaban J connectivity index is 2.26. The molecule has 1 aromatic heterocycles. The monoisotopic (exact) mass is 224 g/mol. The van der Waals surface area contributed by atoms with Gasteiger partial charge in [0.05, 0.1) is 33.2 Å². The topological polar surface area (TPSA) is 55.0 Å². The number of ether oxygens (including phenoxy) is 1. The lowest BCUT2D eigenvalue weighted by atomic mass is 10.4. The number of rotatable bonds is 5. The fourth-order valence-electron chi connectivity index (χ4n) is 0.984. The molecular weight excluding hydrogens is 206 g/mol. The predicted molar refractivity (Wildman–Crippen MR) is 61.5 cm³/mol. The van der Waals surface area contributed by atoms with Crippen LogP contribution in [0.3, 0.4) is 0 Å². The van der Waals surface area contributed by atoms with E-state index in [1.165, 1.54) is 6.08 Å². The molecule has 0 aliphatic heterocycles. The van der Waals surface area contributed by atoms with Crippen molar-refractivity contribution >= 4 is 12.0 Å². The molecule has 1 N–H and O–H groups in total. The first kappa shape index (κ1) is 12.4. The summed E-state index contributed by atoms with van der Waals surface area (Å²) in [7, 11) is 6.15. The Morgan fingerprint density at radius 3 is 2.88 bits per heavy atom. The summed E-state index contributed by atoms with van der Waals surface area (Å²) < 4.78 is 5.81. The molecule has 0 bridgehead atoms. The first-order chi connectivity index (χ1) is 7.47. The number of carbonyl (C=O) groups is 1. The van der Waals surface area contributed by atoms with E-state index in [9.17, 15) is 4.79 Å². The number of hydrogen-bond donors (Lipinski definition) is 1. The van der Waals surface area contributed by atoms with Crippen molar-refractivity contribution in [3.8, 4) is 0 Å². The van der Waals surface area contributed by atoms with E-state index < -0.39 is 0 Å². The van der Waals surface area contributed by atoms with Crippen molar-refractivity contribution in [2.24, 2.45) is 0 Å². The molecule has 1 rings (SSSR count). The third-order valence-corrected chi connectivity index (χ3v) is 1.92. The zero-order valence-electron chi connectivity index (χ0n) is 9.93. The van der Waals surface area contributed by atoms with E-state index in [1.54, 1.807) is 18.6 Å². The minimum atomic E-state index is -0.337. The van der Waals surface area contributed by atoms with Crippen LogP contribution in [0.25, 0.3) is 6.08 Å². The van der Waals surface area contributed by atoms with E-state index >= 15 is 0 Å². The second-order valence-corrected chi connectivity index (χ2v) is 4.51. The molecule has 16 heavy (non-hydrogen) atoms. The van der Waals surface area contributed by atoms with Crippen LogP contribution in [-0.4, -0.2) is 54.7 Å². The van der Waals surface area contributed by atoms with Crippen molar-refractivity contribution in [1.82, 2.24) is 9.97 Å². The molecule has 88 valence electrons. The van der Waals surface area contributed by atoms with Gasteiger partial charge in [-0.2, -0.15) is 0 Å². The van der Waals surface area contributed by atoms with Crippen molar-refractivity contribution in [2.45, 2.75) is 0 Å². The highest BCUT2D eigenvalue weighted by molar-refractivity contribution is 5.86. The van der Waals surface area contributed by atoms with Crippen molar-refractivity contribution in [3.63, 3.8) is 0 Å². The number of carbonyl (C=O) groups excluding carboxylic acids is 1. The van der Waals surface area contributed by atoms with Crippen LogP contribution >= 0.6 is 0 Å². The number of nitrogens with one attached hydrogen (secondary N) is 1. The first-order valence-electron chi connectivity index (χ1n) is 5.11. The first-order valence-corrected chi connectivity index (χ1v) is 5.11.